The molecular weight excluding hydrogens is 416 g/mol. The van der Waals surface area contributed by atoms with Crippen molar-refractivity contribution < 1.29 is 24.5 Å². The normalized spacial score (nSPS) is 40.0. The molecule has 0 saturated heterocycles. The average molecular weight is 455 g/mol. The predicted octanol–water partition coefficient (Wildman–Crippen LogP) is 6.10. The molecule has 7 atom stereocenters. The van der Waals surface area contributed by atoms with Crippen LogP contribution in [0.5, 0.6) is 17.2 Å². The van der Waals surface area contributed by atoms with Crippen molar-refractivity contribution in [3.8, 4) is 17.2 Å². The number of rotatable bonds is 4. The number of hydrogen-bond acceptors (Lipinski definition) is 5. The first kappa shape index (κ1) is 22.7. The lowest BCUT2D eigenvalue weighted by molar-refractivity contribution is -0.0535. The predicted molar refractivity (Wildman–Crippen MR) is 126 cm³/mol. The molecule has 3 saturated carbocycles. The second-order valence-electron chi connectivity index (χ2n) is 12.7. The van der Waals surface area contributed by atoms with E-state index in [0.717, 1.165) is 25.7 Å². The fourth-order valence-electron chi connectivity index (χ4n) is 8.68. The quantitative estimate of drug-likeness (QED) is 0.537. The van der Waals surface area contributed by atoms with Gasteiger partial charge in [0.15, 0.2) is 12.6 Å². The molecule has 0 radical (unpaired) electrons. The fraction of sp³-hybridized carbons (Fsp3) is 0.714. The van der Waals surface area contributed by atoms with E-state index < -0.39 is 11.4 Å². The molecule has 7 unspecified atom stereocenters. The van der Waals surface area contributed by atoms with Crippen molar-refractivity contribution in [1.82, 2.24) is 0 Å². The molecule has 1 heterocycles. The Hall–Kier alpha value is -2.04. The minimum Gasteiger partial charge on any atom is -0.507 e. The summed E-state index contributed by atoms with van der Waals surface area (Å²) in [6.45, 7) is 13.8. The topological polar surface area (TPSA) is 83.8 Å². The largest absolute Gasteiger partial charge is 0.507 e. The van der Waals surface area contributed by atoms with E-state index in [0.29, 0.717) is 53.5 Å². The highest BCUT2D eigenvalue weighted by Crippen LogP contribution is 2.78. The molecule has 4 aliphatic rings. The first-order chi connectivity index (χ1) is 15.5. The average Bonchev–Trinajstić information content (AvgIpc) is 3.21. The summed E-state index contributed by atoms with van der Waals surface area (Å²) in [5, 5.41) is 22.1. The summed E-state index contributed by atoms with van der Waals surface area (Å²) in [7, 11) is 0. The van der Waals surface area contributed by atoms with E-state index in [4.69, 9.17) is 4.74 Å². The standard InChI is InChI=1S/C28H38O5/c1-14(2)11-19-20-23(32)16(12-29)22(31)17(13-30)24(20)33-28-10-9-27(19,6)25(28)21-18(26(21,4)5)8-7-15(28)3/h12-15,18-19,21,25,31-32H,7-11H2,1-6H3. The fourth-order valence-corrected chi connectivity index (χ4v) is 8.68. The summed E-state index contributed by atoms with van der Waals surface area (Å²) in [4.78, 5) is 24.1. The molecule has 3 fully saturated rings. The van der Waals surface area contributed by atoms with Gasteiger partial charge in [-0.1, -0.05) is 41.5 Å². The van der Waals surface area contributed by atoms with Gasteiger partial charge in [-0.3, -0.25) is 9.59 Å². The second kappa shape index (κ2) is 6.99. The molecule has 2 N–H and O–H groups in total. The van der Waals surface area contributed by atoms with Crippen molar-refractivity contribution in [2.45, 2.75) is 85.2 Å². The molecular formula is C28H38O5. The number of phenolic OH excluding ortho intramolecular Hbond substituents is 2. The SMILES string of the molecule is CC(C)CC1c2c(O)c(C=O)c(O)c(C=O)c2OC23CCC1(C)C2C1C(CCC3C)C1(C)C. The monoisotopic (exact) mass is 454 g/mol. The summed E-state index contributed by atoms with van der Waals surface area (Å²) in [6, 6.07) is 0. The minimum absolute atomic E-state index is 0.00554. The van der Waals surface area contributed by atoms with Gasteiger partial charge in [0, 0.05) is 11.5 Å². The van der Waals surface area contributed by atoms with Gasteiger partial charge in [0.1, 0.15) is 22.8 Å². The van der Waals surface area contributed by atoms with E-state index in [9.17, 15) is 19.8 Å². The van der Waals surface area contributed by atoms with Crippen LogP contribution in [0, 0.1) is 40.4 Å². The maximum Gasteiger partial charge on any atom is 0.157 e. The summed E-state index contributed by atoms with van der Waals surface area (Å²) in [6.07, 6.45) is 6.03. The zero-order chi connectivity index (χ0) is 24.1. The van der Waals surface area contributed by atoms with Crippen molar-refractivity contribution in [3.05, 3.63) is 16.7 Å². The molecule has 5 nitrogen and oxygen atoms in total. The molecule has 0 spiro atoms. The van der Waals surface area contributed by atoms with Crippen LogP contribution in [0.25, 0.3) is 0 Å². The van der Waals surface area contributed by atoms with Gasteiger partial charge in [-0.05, 0) is 72.5 Å². The zero-order valence-corrected chi connectivity index (χ0v) is 20.8. The van der Waals surface area contributed by atoms with Crippen LogP contribution in [0.3, 0.4) is 0 Å². The first-order valence-corrected chi connectivity index (χ1v) is 12.7. The Balaban J connectivity index is 1.85. The lowest BCUT2D eigenvalue weighted by Gasteiger charge is -2.45. The molecule has 3 aliphatic carbocycles. The first-order valence-electron chi connectivity index (χ1n) is 12.7. The van der Waals surface area contributed by atoms with E-state index in [1.54, 1.807) is 0 Å². The van der Waals surface area contributed by atoms with Crippen LogP contribution in [0.2, 0.25) is 0 Å². The van der Waals surface area contributed by atoms with E-state index in [-0.39, 0.29) is 33.6 Å². The van der Waals surface area contributed by atoms with E-state index in [2.05, 4.69) is 41.5 Å². The summed E-state index contributed by atoms with van der Waals surface area (Å²) < 4.78 is 7.02. The Kier molecular flexibility index (Phi) is 4.82. The molecule has 180 valence electrons. The van der Waals surface area contributed by atoms with Gasteiger partial charge in [0.2, 0.25) is 0 Å². The van der Waals surface area contributed by atoms with Crippen LogP contribution in [0.4, 0.5) is 0 Å². The lowest BCUT2D eigenvalue weighted by atomic mass is 9.60. The summed E-state index contributed by atoms with van der Waals surface area (Å²) >= 11 is 0. The molecule has 2 bridgehead atoms. The number of phenols is 2. The van der Waals surface area contributed by atoms with Gasteiger partial charge in [0.25, 0.3) is 0 Å². The third kappa shape index (κ3) is 2.71. The number of hydrogen-bond donors (Lipinski definition) is 2. The van der Waals surface area contributed by atoms with Crippen molar-refractivity contribution in [3.63, 3.8) is 0 Å². The van der Waals surface area contributed by atoms with Crippen molar-refractivity contribution in [1.29, 1.82) is 0 Å². The Morgan fingerprint density at radius 3 is 2.30 bits per heavy atom. The molecule has 5 heteroatoms. The maximum absolute atomic E-state index is 12.3. The Morgan fingerprint density at radius 1 is 1.03 bits per heavy atom. The number of fused-ring (bicyclic) bond motifs is 2. The molecule has 1 aromatic carbocycles. The van der Waals surface area contributed by atoms with Crippen LogP contribution >= 0.6 is 0 Å². The number of benzene rings is 1. The summed E-state index contributed by atoms with van der Waals surface area (Å²) in [5.74, 6) is 1.69. The highest BCUT2D eigenvalue weighted by Gasteiger charge is 2.75. The van der Waals surface area contributed by atoms with E-state index in [1.165, 1.54) is 6.42 Å². The van der Waals surface area contributed by atoms with Gasteiger partial charge in [-0.15, -0.1) is 0 Å². The Labute approximate surface area is 196 Å². The van der Waals surface area contributed by atoms with Crippen molar-refractivity contribution in [2.75, 3.05) is 0 Å². The molecule has 1 aliphatic heterocycles. The van der Waals surface area contributed by atoms with Crippen LogP contribution in [0.15, 0.2) is 0 Å². The highest BCUT2D eigenvalue weighted by atomic mass is 16.5. The number of aromatic hydroxyl groups is 2. The van der Waals surface area contributed by atoms with Crippen LogP contribution in [0.1, 0.15) is 106 Å². The number of ether oxygens (including phenoxy) is 1. The molecule has 1 aromatic rings. The summed E-state index contributed by atoms with van der Waals surface area (Å²) in [5.41, 5.74) is 0.0233. The highest BCUT2D eigenvalue weighted by molar-refractivity contribution is 5.95. The molecule has 0 amide bonds. The molecule has 33 heavy (non-hydrogen) atoms. The number of aldehydes is 2. The third-order valence-corrected chi connectivity index (χ3v) is 10.4. The maximum atomic E-state index is 12.3. The lowest BCUT2D eigenvalue weighted by Crippen LogP contribution is -2.50. The van der Waals surface area contributed by atoms with Gasteiger partial charge in [-0.2, -0.15) is 0 Å². The number of carbonyl (C=O) groups is 2. The van der Waals surface area contributed by atoms with Gasteiger partial charge in [0.05, 0.1) is 11.1 Å². The molecule has 5 rings (SSSR count). The zero-order valence-electron chi connectivity index (χ0n) is 20.8. The van der Waals surface area contributed by atoms with Gasteiger partial charge < -0.3 is 14.9 Å². The second-order valence-corrected chi connectivity index (χ2v) is 12.7. The van der Waals surface area contributed by atoms with E-state index >= 15 is 0 Å². The van der Waals surface area contributed by atoms with Crippen LogP contribution in [-0.2, 0) is 0 Å². The Bertz CT molecular complexity index is 1030. The minimum atomic E-state index is -0.471. The Morgan fingerprint density at radius 2 is 1.70 bits per heavy atom. The van der Waals surface area contributed by atoms with Crippen molar-refractivity contribution in [2.24, 2.45) is 40.4 Å². The van der Waals surface area contributed by atoms with Crippen molar-refractivity contribution >= 4 is 12.6 Å². The number of carbonyl (C=O) groups excluding carboxylic acids is 2. The molecule has 0 aromatic heterocycles. The smallest absolute Gasteiger partial charge is 0.157 e. The van der Waals surface area contributed by atoms with Gasteiger partial charge in [-0.25, -0.2) is 0 Å². The van der Waals surface area contributed by atoms with Crippen LogP contribution < -0.4 is 4.74 Å². The van der Waals surface area contributed by atoms with E-state index in [1.807, 2.05) is 0 Å². The van der Waals surface area contributed by atoms with Crippen LogP contribution in [-0.4, -0.2) is 28.4 Å². The third-order valence-electron chi connectivity index (χ3n) is 10.4. The van der Waals surface area contributed by atoms with Gasteiger partial charge >= 0.3 is 0 Å².